The second-order valence-corrected chi connectivity index (χ2v) is 5.39. The first-order valence-corrected chi connectivity index (χ1v) is 6.69. The second-order valence-electron chi connectivity index (χ2n) is 4.47. The van der Waals surface area contributed by atoms with Gasteiger partial charge in [0.1, 0.15) is 11.8 Å². The van der Waals surface area contributed by atoms with Gasteiger partial charge in [-0.05, 0) is 37.0 Å². The molecule has 0 spiro atoms. The molecule has 5 nitrogen and oxygen atoms in total. The van der Waals surface area contributed by atoms with Gasteiger partial charge < -0.3 is 15.2 Å². The van der Waals surface area contributed by atoms with Crippen molar-refractivity contribution in [3.05, 3.63) is 28.2 Å². The zero-order chi connectivity index (χ0) is 14.0. The Morgan fingerprint density at radius 3 is 2.68 bits per heavy atom. The fourth-order valence-electron chi connectivity index (χ4n) is 1.88. The smallest absolute Gasteiger partial charge is 0.326 e. The van der Waals surface area contributed by atoms with Crippen molar-refractivity contribution in [3.8, 4) is 5.75 Å². The number of amides is 1. The number of carbonyl (C=O) groups excluding carboxylic acids is 1. The summed E-state index contributed by atoms with van der Waals surface area (Å²) in [5.41, 5.74) is 0.331. The predicted molar refractivity (Wildman–Crippen MR) is 72.3 cm³/mol. The van der Waals surface area contributed by atoms with Gasteiger partial charge in [-0.2, -0.15) is 0 Å². The zero-order valence-electron chi connectivity index (χ0n) is 10.4. The van der Waals surface area contributed by atoms with Crippen LogP contribution in [-0.2, 0) is 4.79 Å². The largest absolute Gasteiger partial charge is 0.496 e. The van der Waals surface area contributed by atoms with Crippen molar-refractivity contribution < 1.29 is 19.4 Å². The van der Waals surface area contributed by atoms with Crippen molar-refractivity contribution >= 4 is 27.8 Å². The predicted octanol–water partition coefficient (Wildman–Crippen LogP) is 2.05. The first kappa shape index (κ1) is 13.9. The first-order chi connectivity index (χ1) is 9.02. The third-order valence-corrected chi connectivity index (χ3v) is 3.55. The van der Waals surface area contributed by atoms with Crippen molar-refractivity contribution in [1.82, 2.24) is 5.32 Å². The van der Waals surface area contributed by atoms with Crippen LogP contribution in [0, 0.1) is 5.92 Å². The number of halogens is 1. The lowest BCUT2D eigenvalue weighted by Crippen LogP contribution is -2.42. The van der Waals surface area contributed by atoms with Gasteiger partial charge in [0.15, 0.2) is 0 Å². The summed E-state index contributed by atoms with van der Waals surface area (Å²) in [6, 6.07) is 4.16. The molecule has 1 aliphatic rings. The monoisotopic (exact) mass is 327 g/mol. The molecule has 1 unspecified atom stereocenters. The summed E-state index contributed by atoms with van der Waals surface area (Å²) in [5, 5.41) is 11.7. The molecule has 1 fully saturated rings. The number of nitrogens with one attached hydrogen (secondary N) is 1. The van der Waals surface area contributed by atoms with Gasteiger partial charge in [-0.15, -0.1) is 0 Å². The molecule has 1 aromatic rings. The standard InChI is InChI=1S/C13H14BrNO4/c1-19-10-6-8(14)4-5-9(10)12(16)15-11(13(17)18)7-2-3-7/h4-7,11H,2-3H2,1H3,(H,15,16)(H,17,18). The average molecular weight is 328 g/mol. The normalized spacial score (nSPS) is 15.7. The van der Waals surface area contributed by atoms with E-state index < -0.39 is 17.9 Å². The number of hydrogen-bond donors (Lipinski definition) is 2. The van der Waals surface area contributed by atoms with E-state index in [1.54, 1.807) is 18.2 Å². The number of benzene rings is 1. The van der Waals surface area contributed by atoms with Crippen LogP contribution in [0.15, 0.2) is 22.7 Å². The van der Waals surface area contributed by atoms with E-state index in [-0.39, 0.29) is 5.92 Å². The van der Waals surface area contributed by atoms with Crippen LogP contribution in [0.25, 0.3) is 0 Å². The number of rotatable bonds is 5. The maximum atomic E-state index is 12.1. The minimum Gasteiger partial charge on any atom is -0.496 e. The molecule has 1 aromatic carbocycles. The second kappa shape index (κ2) is 5.61. The average Bonchev–Trinajstić information content (AvgIpc) is 3.19. The molecule has 0 aromatic heterocycles. The lowest BCUT2D eigenvalue weighted by atomic mass is 10.1. The summed E-state index contributed by atoms with van der Waals surface area (Å²) in [7, 11) is 1.47. The van der Waals surface area contributed by atoms with Gasteiger partial charge in [-0.25, -0.2) is 4.79 Å². The van der Waals surface area contributed by atoms with E-state index in [0.717, 1.165) is 17.3 Å². The molecule has 19 heavy (non-hydrogen) atoms. The van der Waals surface area contributed by atoms with Gasteiger partial charge in [0.2, 0.25) is 0 Å². The van der Waals surface area contributed by atoms with Crippen LogP contribution in [0.1, 0.15) is 23.2 Å². The maximum absolute atomic E-state index is 12.1. The molecule has 0 aliphatic heterocycles. The Labute approximate surface area is 119 Å². The highest BCUT2D eigenvalue weighted by atomic mass is 79.9. The maximum Gasteiger partial charge on any atom is 0.326 e. The van der Waals surface area contributed by atoms with E-state index in [0.29, 0.717) is 11.3 Å². The number of carbonyl (C=O) groups is 2. The van der Waals surface area contributed by atoms with E-state index in [4.69, 9.17) is 9.84 Å². The molecular weight excluding hydrogens is 314 g/mol. The van der Waals surface area contributed by atoms with Gasteiger partial charge in [0.25, 0.3) is 5.91 Å². The van der Waals surface area contributed by atoms with Crippen LogP contribution in [0.5, 0.6) is 5.75 Å². The van der Waals surface area contributed by atoms with Crippen molar-refractivity contribution in [3.63, 3.8) is 0 Å². The Hall–Kier alpha value is -1.56. The molecule has 0 radical (unpaired) electrons. The molecule has 2 N–H and O–H groups in total. The third kappa shape index (κ3) is 3.26. The molecule has 1 atom stereocenters. The Kier molecular flexibility index (Phi) is 4.09. The summed E-state index contributed by atoms with van der Waals surface area (Å²) in [5.74, 6) is -0.967. The molecule has 0 heterocycles. The summed E-state index contributed by atoms with van der Waals surface area (Å²) in [6.07, 6.45) is 1.68. The van der Waals surface area contributed by atoms with Crippen LogP contribution in [0.3, 0.4) is 0 Å². The molecule has 2 rings (SSSR count). The highest BCUT2D eigenvalue weighted by molar-refractivity contribution is 9.10. The number of carboxylic acids is 1. The highest BCUT2D eigenvalue weighted by Gasteiger charge is 2.37. The molecule has 102 valence electrons. The van der Waals surface area contributed by atoms with Crippen LogP contribution in [-0.4, -0.2) is 30.1 Å². The fourth-order valence-corrected chi connectivity index (χ4v) is 2.22. The van der Waals surface area contributed by atoms with E-state index in [1.807, 2.05) is 0 Å². The van der Waals surface area contributed by atoms with Crippen molar-refractivity contribution in [2.75, 3.05) is 7.11 Å². The van der Waals surface area contributed by atoms with Gasteiger partial charge in [0, 0.05) is 4.47 Å². The van der Waals surface area contributed by atoms with Crippen LogP contribution >= 0.6 is 15.9 Å². The van der Waals surface area contributed by atoms with Gasteiger partial charge in [-0.3, -0.25) is 4.79 Å². The molecule has 1 aliphatic carbocycles. The zero-order valence-corrected chi connectivity index (χ0v) is 11.9. The Bertz CT molecular complexity index is 513. The summed E-state index contributed by atoms with van der Waals surface area (Å²) in [4.78, 5) is 23.2. The Morgan fingerprint density at radius 2 is 2.16 bits per heavy atom. The Morgan fingerprint density at radius 1 is 1.47 bits per heavy atom. The summed E-state index contributed by atoms with van der Waals surface area (Å²) >= 11 is 3.29. The first-order valence-electron chi connectivity index (χ1n) is 5.90. The van der Waals surface area contributed by atoms with E-state index >= 15 is 0 Å². The van der Waals surface area contributed by atoms with Crippen molar-refractivity contribution in [2.24, 2.45) is 5.92 Å². The number of carboxylic acid groups (broad SMARTS) is 1. The molecule has 1 amide bonds. The number of hydrogen-bond acceptors (Lipinski definition) is 3. The third-order valence-electron chi connectivity index (χ3n) is 3.05. The minimum atomic E-state index is -0.994. The fraction of sp³-hybridized carbons (Fsp3) is 0.385. The van der Waals surface area contributed by atoms with Crippen LogP contribution in [0.4, 0.5) is 0 Å². The van der Waals surface area contributed by atoms with E-state index in [2.05, 4.69) is 21.2 Å². The number of ether oxygens (including phenoxy) is 1. The van der Waals surface area contributed by atoms with Crippen molar-refractivity contribution in [1.29, 1.82) is 0 Å². The molecule has 0 saturated heterocycles. The molecule has 1 saturated carbocycles. The van der Waals surface area contributed by atoms with E-state index in [1.165, 1.54) is 7.11 Å². The Balaban J connectivity index is 2.17. The van der Waals surface area contributed by atoms with Crippen molar-refractivity contribution in [2.45, 2.75) is 18.9 Å². The highest BCUT2D eigenvalue weighted by Crippen LogP contribution is 2.33. The van der Waals surface area contributed by atoms with Gasteiger partial charge >= 0.3 is 5.97 Å². The SMILES string of the molecule is COc1cc(Br)ccc1C(=O)NC(C(=O)O)C1CC1. The molecule has 0 bridgehead atoms. The van der Waals surface area contributed by atoms with Crippen LogP contribution < -0.4 is 10.1 Å². The van der Waals surface area contributed by atoms with Gasteiger partial charge in [-0.1, -0.05) is 15.9 Å². The lowest BCUT2D eigenvalue weighted by Gasteiger charge is -2.15. The minimum absolute atomic E-state index is 0.0443. The van der Waals surface area contributed by atoms with E-state index in [9.17, 15) is 9.59 Å². The summed E-state index contributed by atoms with van der Waals surface area (Å²) in [6.45, 7) is 0. The number of methoxy groups -OCH3 is 1. The summed E-state index contributed by atoms with van der Waals surface area (Å²) < 4.78 is 5.92. The number of aliphatic carboxylic acids is 1. The molecular formula is C13H14BrNO4. The lowest BCUT2D eigenvalue weighted by molar-refractivity contribution is -0.139. The quantitative estimate of drug-likeness (QED) is 0.867. The van der Waals surface area contributed by atoms with Crippen LogP contribution in [0.2, 0.25) is 0 Å². The van der Waals surface area contributed by atoms with Gasteiger partial charge in [0.05, 0.1) is 12.7 Å². The topological polar surface area (TPSA) is 75.6 Å². The molecule has 6 heteroatoms.